The number of halogens is 3. The molecule has 0 bridgehead atoms. The first kappa shape index (κ1) is 23.2. The van der Waals surface area contributed by atoms with Gasteiger partial charge in [-0.25, -0.2) is 23.1 Å². The van der Waals surface area contributed by atoms with Crippen LogP contribution in [0.15, 0.2) is 30.6 Å². The van der Waals surface area contributed by atoms with Gasteiger partial charge in [-0.3, -0.25) is 0 Å². The van der Waals surface area contributed by atoms with E-state index in [0.29, 0.717) is 35.6 Å². The number of likely N-dealkylation sites (tertiary alicyclic amines) is 1. The highest BCUT2D eigenvalue weighted by molar-refractivity contribution is 5.87. The Balaban J connectivity index is 1.71. The number of ether oxygens (including phenoxy) is 1. The van der Waals surface area contributed by atoms with Crippen LogP contribution in [0.2, 0.25) is 0 Å². The van der Waals surface area contributed by atoms with E-state index in [1.807, 2.05) is 6.07 Å². The number of piperidine rings is 1. The molecule has 33 heavy (non-hydrogen) atoms. The molecule has 0 aliphatic carbocycles. The van der Waals surface area contributed by atoms with Gasteiger partial charge in [-0.05, 0) is 51.9 Å². The maximum atomic E-state index is 14.9. The van der Waals surface area contributed by atoms with Crippen molar-refractivity contribution >= 4 is 16.9 Å². The normalized spacial score (nSPS) is 16.7. The fraction of sp³-hybridized carbons (Fsp3) is 0.458. The Morgan fingerprint density at radius 3 is 2.61 bits per heavy atom. The van der Waals surface area contributed by atoms with Crippen LogP contribution in [-0.2, 0) is 5.92 Å². The summed E-state index contributed by atoms with van der Waals surface area (Å²) in [5, 5.41) is 3.85. The summed E-state index contributed by atoms with van der Waals surface area (Å²) in [4.78, 5) is 15.5. The quantitative estimate of drug-likeness (QED) is 0.542. The molecule has 0 spiro atoms. The van der Waals surface area contributed by atoms with Gasteiger partial charge in [-0.1, -0.05) is 18.2 Å². The smallest absolute Gasteiger partial charge is 0.273 e. The van der Waals surface area contributed by atoms with E-state index in [9.17, 15) is 13.2 Å². The Kier molecular flexibility index (Phi) is 6.43. The topological polar surface area (TPSA) is 63.2 Å². The molecule has 1 aromatic carbocycles. The van der Waals surface area contributed by atoms with Gasteiger partial charge < -0.3 is 15.0 Å². The van der Waals surface area contributed by atoms with Gasteiger partial charge >= 0.3 is 0 Å². The first-order chi connectivity index (χ1) is 15.7. The Labute approximate surface area is 191 Å². The summed E-state index contributed by atoms with van der Waals surface area (Å²) >= 11 is 0. The summed E-state index contributed by atoms with van der Waals surface area (Å²) in [5.74, 6) is -2.90. The number of hydrogen-bond acceptors (Lipinski definition) is 6. The lowest BCUT2D eigenvalue weighted by atomic mass is 9.89. The third kappa shape index (κ3) is 4.73. The SMILES string of the molecule is COc1nc2ncnc(N[C@H](C)c3cccc(C(C)(F)F)c3F)c2cc1C1CCN(C)CC1. The molecule has 0 radical (unpaired) electrons. The van der Waals surface area contributed by atoms with Gasteiger partial charge in [0.25, 0.3) is 5.92 Å². The summed E-state index contributed by atoms with van der Waals surface area (Å²) in [6.07, 6.45) is 3.33. The van der Waals surface area contributed by atoms with Crippen molar-refractivity contribution < 1.29 is 17.9 Å². The molecule has 6 nitrogen and oxygen atoms in total. The molecule has 0 unspecified atom stereocenters. The first-order valence-electron chi connectivity index (χ1n) is 11.0. The van der Waals surface area contributed by atoms with Crippen LogP contribution < -0.4 is 10.1 Å². The maximum Gasteiger partial charge on any atom is 0.273 e. The minimum atomic E-state index is -3.27. The van der Waals surface area contributed by atoms with Gasteiger partial charge in [0.2, 0.25) is 5.88 Å². The van der Waals surface area contributed by atoms with Crippen LogP contribution >= 0.6 is 0 Å². The van der Waals surface area contributed by atoms with E-state index in [2.05, 4.69) is 32.2 Å². The van der Waals surface area contributed by atoms with Gasteiger partial charge in [0, 0.05) is 18.1 Å². The highest BCUT2D eigenvalue weighted by atomic mass is 19.3. The predicted molar refractivity (Wildman–Crippen MR) is 121 cm³/mol. The lowest BCUT2D eigenvalue weighted by molar-refractivity contribution is 0.0136. The third-order valence-corrected chi connectivity index (χ3v) is 6.29. The van der Waals surface area contributed by atoms with Crippen LogP contribution in [0.25, 0.3) is 11.0 Å². The fourth-order valence-electron chi connectivity index (χ4n) is 4.38. The van der Waals surface area contributed by atoms with E-state index in [1.54, 1.807) is 14.0 Å². The molecule has 2 aromatic heterocycles. The average Bonchev–Trinajstić information content (AvgIpc) is 2.78. The minimum absolute atomic E-state index is 0.137. The van der Waals surface area contributed by atoms with E-state index >= 15 is 0 Å². The first-order valence-corrected chi connectivity index (χ1v) is 11.0. The molecule has 1 aliphatic rings. The lowest BCUT2D eigenvalue weighted by Crippen LogP contribution is -2.29. The van der Waals surface area contributed by atoms with E-state index in [-0.39, 0.29) is 5.56 Å². The number of benzene rings is 1. The van der Waals surface area contributed by atoms with E-state index in [0.717, 1.165) is 37.6 Å². The molecule has 1 atom stereocenters. The van der Waals surface area contributed by atoms with Crippen molar-refractivity contribution in [2.75, 3.05) is 32.6 Å². The Bertz CT molecular complexity index is 1140. The van der Waals surface area contributed by atoms with Crippen LogP contribution in [0.4, 0.5) is 19.0 Å². The number of pyridine rings is 1. The number of hydrogen-bond donors (Lipinski definition) is 1. The number of alkyl halides is 2. The number of nitrogens with one attached hydrogen (secondary N) is 1. The standard InChI is InChI=1S/C24H28F3N5O/c1-14(16-6-5-7-19(20(16)25)24(2,26)27)30-21-18-12-17(15-8-10-32(3)11-9-15)23(33-4)31-22(18)29-13-28-21/h5-7,12-15H,8-11H2,1-4H3,(H,28,29,30,31)/t14-/m1/s1. The van der Waals surface area contributed by atoms with Crippen LogP contribution in [0.5, 0.6) is 5.88 Å². The van der Waals surface area contributed by atoms with E-state index < -0.39 is 23.3 Å². The van der Waals surface area contributed by atoms with Gasteiger partial charge in [0.05, 0.1) is 24.1 Å². The lowest BCUT2D eigenvalue weighted by Gasteiger charge is -2.29. The molecule has 9 heteroatoms. The van der Waals surface area contributed by atoms with Crippen molar-refractivity contribution in [1.29, 1.82) is 0 Å². The number of fused-ring (bicyclic) bond motifs is 1. The van der Waals surface area contributed by atoms with Crippen molar-refractivity contribution in [3.8, 4) is 5.88 Å². The summed E-state index contributed by atoms with van der Waals surface area (Å²) in [6.45, 7) is 4.36. The number of aromatic nitrogens is 3. The Morgan fingerprint density at radius 1 is 1.21 bits per heavy atom. The molecule has 4 rings (SSSR count). The number of anilines is 1. The molecule has 0 saturated carbocycles. The molecule has 1 saturated heterocycles. The predicted octanol–water partition coefficient (Wildman–Crippen LogP) is 5.27. The molecule has 1 N–H and O–H groups in total. The van der Waals surface area contributed by atoms with Crippen LogP contribution in [-0.4, -0.2) is 47.1 Å². The molecule has 1 fully saturated rings. The summed E-state index contributed by atoms with van der Waals surface area (Å²) in [6, 6.07) is 5.41. The maximum absolute atomic E-state index is 14.9. The van der Waals surface area contributed by atoms with Crippen LogP contribution in [0.1, 0.15) is 55.3 Å². The number of methoxy groups -OCH3 is 1. The second kappa shape index (κ2) is 9.13. The molecule has 3 aromatic rings. The van der Waals surface area contributed by atoms with Crippen LogP contribution in [0, 0.1) is 5.82 Å². The van der Waals surface area contributed by atoms with Crippen molar-refractivity contribution in [2.24, 2.45) is 0 Å². The summed E-state index contributed by atoms with van der Waals surface area (Å²) in [7, 11) is 3.69. The van der Waals surface area contributed by atoms with Crippen molar-refractivity contribution in [3.05, 3.63) is 53.1 Å². The van der Waals surface area contributed by atoms with Crippen molar-refractivity contribution in [3.63, 3.8) is 0 Å². The molecule has 176 valence electrons. The molecule has 3 heterocycles. The molecule has 1 aliphatic heterocycles. The Morgan fingerprint density at radius 2 is 1.94 bits per heavy atom. The highest BCUT2D eigenvalue weighted by Gasteiger charge is 2.30. The third-order valence-electron chi connectivity index (χ3n) is 6.29. The second-order valence-electron chi connectivity index (χ2n) is 8.72. The monoisotopic (exact) mass is 459 g/mol. The zero-order chi connectivity index (χ0) is 23.8. The van der Waals surface area contributed by atoms with Gasteiger partial charge in [0.1, 0.15) is 18.0 Å². The minimum Gasteiger partial charge on any atom is -0.481 e. The highest BCUT2D eigenvalue weighted by Crippen LogP contribution is 2.37. The second-order valence-corrected chi connectivity index (χ2v) is 8.72. The molecular formula is C24H28F3N5O. The molecular weight excluding hydrogens is 431 g/mol. The number of nitrogens with zero attached hydrogens (tertiary/aromatic N) is 4. The zero-order valence-electron chi connectivity index (χ0n) is 19.2. The van der Waals surface area contributed by atoms with E-state index in [1.165, 1.54) is 18.5 Å². The summed E-state index contributed by atoms with van der Waals surface area (Å²) in [5.41, 5.74) is 0.944. The van der Waals surface area contributed by atoms with Crippen molar-refractivity contribution in [1.82, 2.24) is 19.9 Å². The van der Waals surface area contributed by atoms with Gasteiger partial charge in [-0.2, -0.15) is 4.98 Å². The largest absolute Gasteiger partial charge is 0.481 e. The molecule has 0 amide bonds. The summed E-state index contributed by atoms with van der Waals surface area (Å²) < 4.78 is 48.1. The average molecular weight is 460 g/mol. The fourth-order valence-corrected chi connectivity index (χ4v) is 4.38. The van der Waals surface area contributed by atoms with E-state index in [4.69, 9.17) is 4.74 Å². The van der Waals surface area contributed by atoms with Crippen molar-refractivity contribution in [2.45, 2.75) is 44.6 Å². The Hall–Kier alpha value is -2.94. The number of rotatable bonds is 6. The zero-order valence-corrected chi connectivity index (χ0v) is 19.2. The van der Waals surface area contributed by atoms with Gasteiger partial charge in [-0.15, -0.1) is 0 Å². The van der Waals surface area contributed by atoms with Crippen LogP contribution in [0.3, 0.4) is 0 Å². The van der Waals surface area contributed by atoms with Gasteiger partial charge in [0.15, 0.2) is 5.65 Å².